The third-order valence-corrected chi connectivity index (χ3v) is 3.80. The highest BCUT2D eigenvalue weighted by Crippen LogP contribution is 2.21. The van der Waals surface area contributed by atoms with E-state index in [9.17, 15) is 14.7 Å². The van der Waals surface area contributed by atoms with Gasteiger partial charge in [0, 0.05) is 19.8 Å². The number of aromatic carboxylic acids is 1. The van der Waals surface area contributed by atoms with E-state index in [2.05, 4.69) is 4.98 Å². The number of carbonyl (C=O) groups is 1. The number of hydrogen-bond acceptors (Lipinski definition) is 3. The Hall–Kier alpha value is -2.08. The summed E-state index contributed by atoms with van der Waals surface area (Å²) >= 11 is 0. The van der Waals surface area contributed by atoms with E-state index in [4.69, 9.17) is 4.74 Å². The topological polar surface area (TPSA) is 84.3 Å². The van der Waals surface area contributed by atoms with Gasteiger partial charge in [-0.25, -0.2) is 9.59 Å². The van der Waals surface area contributed by atoms with E-state index in [0.29, 0.717) is 36.7 Å². The number of hydrogen-bond donors (Lipinski definition) is 2. The Balaban J connectivity index is 2.06. The van der Waals surface area contributed by atoms with Crippen LogP contribution in [0.4, 0.5) is 0 Å². The van der Waals surface area contributed by atoms with Crippen molar-refractivity contribution in [3.8, 4) is 0 Å². The summed E-state index contributed by atoms with van der Waals surface area (Å²) in [4.78, 5) is 26.1. The Morgan fingerprint density at radius 2 is 2.15 bits per heavy atom. The number of carboxylic acid groups (broad SMARTS) is 1. The van der Waals surface area contributed by atoms with Crippen LogP contribution in [-0.4, -0.2) is 33.8 Å². The molecule has 1 aliphatic heterocycles. The van der Waals surface area contributed by atoms with Crippen molar-refractivity contribution < 1.29 is 14.6 Å². The summed E-state index contributed by atoms with van der Waals surface area (Å²) in [5, 5.41) is 9.27. The number of nitrogens with zero attached hydrogens (tertiary/aromatic N) is 1. The number of aromatic amines is 1. The molecule has 1 fully saturated rings. The fraction of sp³-hybridized carbons (Fsp3) is 0.429. The Bertz CT molecular complexity index is 695. The molecule has 0 unspecified atom stereocenters. The van der Waals surface area contributed by atoms with Crippen molar-refractivity contribution >= 4 is 17.0 Å². The van der Waals surface area contributed by atoms with Gasteiger partial charge in [-0.2, -0.15) is 0 Å². The van der Waals surface area contributed by atoms with Crippen LogP contribution in [0.3, 0.4) is 0 Å². The molecule has 1 aliphatic rings. The molecule has 0 spiro atoms. The van der Waals surface area contributed by atoms with Crippen LogP contribution >= 0.6 is 0 Å². The van der Waals surface area contributed by atoms with Gasteiger partial charge in [0.05, 0.1) is 16.6 Å². The molecular formula is C14H16N2O4. The molecule has 0 aliphatic carbocycles. The normalized spacial score (nSPS) is 16.6. The number of nitrogens with one attached hydrogen (secondary N) is 1. The molecule has 0 saturated carbocycles. The second-order valence-corrected chi connectivity index (χ2v) is 5.10. The van der Waals surface area contributed by atoms with E-state index in [-0.39, 0.29) is 11.3 Å². The molecule has 1 saturated heterocycles. The lowest BCUT2D eigenvalue weighted by molar-refractivity contribution is 0.0611. The Labute approximate surface area is 115 Å². The molecule has 106 valence electrons. The Kier molecular flexibility index (Phi) is 3.31. The molecular weight excluding hydrogens is 260 g/mol. The lowest BCUT2D eigenvalue weighted by atomic mass is 10.0. The molecule has 2 aromatic rings. The first-order chi connectivity index (χ1) is 9.66. The molecule has 2 N–H and O–H groups in total. The SMILES string of the molecule is O=C(O)c1cccc2[nH]c(=O)n(CC3CCOCC3)c12. The van der Waals surface area contributed by atoms with Crippen molar-refractivity contribution in [2.75, 3.05) is 13.2 Å². The van der Waals surface area contributed by atoms with Gasteiger partial charge in [-0.3, -0.25) is 4.57 Å². The van der Waals surface area contributed by atoms with Crippen molar-refractivity contribution in [1.82, 2.24) is 9.55 Å². The summed E-state index contributed by atoms with van der Waals surface area (Å²) < 4.78 is 6.86. The lowest BCUT2D eigenvalue weighted by Crippen LogP contribution is -2.26. The molecule has 6 nitrogen and oxygen atoms in total. The molecule has 0 atom stereocenters. The second-order valence-electron chi connectivity index (χ2n) is 5.10. The lowest BCUT2D eigenvalue weighted by Gasteiger charge is -2.22. The number of imidazole rings is 1. The summed E-state index contributed by atoms with van der Waals surface area (Å²) in [6.45, 7) is 1.94. The zero-order valence-electron chi connectivity index (χ0n) is 11.0. The highest BCUT2D eigenvalue weighted by Gasteiger charge is 2.20. The number of fused-ring (bicyclic) bond motifs is 1. The molecule has 3 rings (SSSR count). The average molecular weight is 276 g/mol. The maximum absolute atomic E-state index is 12.1. The van der Waals surface area contributed by atoms with Gasteiger partial charge in [0.2, 0.25) is 0 Å². The number of rotatable bonds is 3. The largest absolute Gasteiger partial charge is 0.478 e. The first-order valence-corrected chi connectivity index (χ1v) is 6.69. The van der Waals surface area contributed by atoms with Crippen LogP contribution in [0.5, 0.6) is 0 Å². The Morgan fingerprint density at radius 1 is 1.40 bits per heavy atom. The number of carboxylic acids is 1. The number of benzene rings is 1. The van der Waals surface area contributed by atoms with E-state index >= 15 is 0 Å². The monoisotopic (exact) mass is 276 g/mol. The molecule has 0 radical (unpaired) electrons. The van der Waals surface area contributed by atoms with Crippen LogP contribution in [-0.2, 0) is 11.3 Å². The maximum Gasteiger partial charge on any atom is 0.337 e. The molecule has 20 heavy (non-hydrogen) atoms. The minimum absolute atomic E-state index is 0.160. The average Bonchev–Trinajstić information content (AvgIpc) is 2.76. The highest BCUT2D eigenvalue weighted by atomic mass is 16.5. The van der Waals surface area contributed by atoms with Gasteiger partial charge < -0.3 is 14.8 Å². The fourth-order valence-corrected chi connectivity index (χ4v) is 2.75. The van der Waals surface area contributed by atoms with Gasteiger partial charge in [0.25, 0.3) is 0 Å². The predicted octanol–water partition coefficient (Wildman–Crippen LogP) is 1.45. The van der Waals surface area contributed by atoms with Crippen LogP contribution in [0.15, 0.2) is 23.0 Å². The second kappa shape index (κ2) is 5.13. The summed E-state index contributed by atoms with van der Waals surface area (Å²) in [5.74, 6) is -0.669. The molecule has 1 aromatic heterocycles. The molecule has 1 aromatic carbocycles. The van der Waals surface area contributed by atoms with Crippen LogP contribution in [0.25, 0.3) is 11.0 Å². The van der Waals surface area contributed by atoms with Crippen LogP contribution in [0.2, 0.25) is 0 Å². The quantitative estimate of drug-likeness (QED) is 0.888. The standard InChI is InChI=1S/C14H16N2O4/c17-13(18)10-2-1-3-11-12(10)16(14(19)15-11)8-9-4-6-20-7-5-9/h1-3,9H,4-8H2,(H,15,19)(H,17,18). The highest BCUT2D eigenvalue weighted by molar-refractivity contribution is 6.01. The van der Waals surface area contributed by atoms with Crippen molar-refractivity contribution in [2.24, 2.45) is 5.92 Å². The van der Waals surface area contributed by atoms with E-state index in [1.165, 1.54) is 6.07 Å². The van der Waals surface area contributed by atoms with E-state index in [1.807, 2.05) is 0 Å². The predicted molar refractivity (Wildman–Crippen MR) is 73.1 cm³/mol. The van der Waals surface area contributed by atoms with Gasteiger partial charge >= 0.3 is 11.7 Å². The minimum Gasteiger partial charge on any atom is -0.478 e. The summed E-state index contributed by atoms with van der Waals surface area (Å²) in [7, 11) is 0. The summed E-state index contributed by atoms with van der Waals surface area (Å²) in [5.41, 5.74) is 0.964. The number of ether oxygens (including phenoxy) is 1. The van der Waals surface area contributed by atoms with Gasteiger partial charge in [-0.1, -0.05) is 6.07 Å². The number of para-hydroxylation sites is 1. The Morgan fingerprint density at radius 3 is 2.85 bits per heavy atom. The van der Waals surface area contributed by atoms with Crippen LogP contribution < -0.4 is 5.69 Å². The summed E-state index contributed by atoms with van der Waals surface area (Å²) in [6, 6.07) is 4.89. The van der Waals surface area contributed by atoms with Crippen molar-refractivity contribution in [1.29, 1.82) is 0 Å². The number of aromatic nitrogens is 2. The minimum atomic E-state index is -1.02. The smallest absolute Gasteiger partial charge is 0.337 e. The van der Waals surface area contributed by atoms with E-state index in [0.717, 1.165) is 12.8 Å². The molecule has 6 heteroatoms. The molecule has 0 amide bonds. The zero-order chi connectivity index (χ0) is 14.1. The van der Waals surface area contributed by atoms with Crippen molar-refractivity contribution in [3.63, 3.8) is 0 Å². The van der Waals surface area contributed by atoms with E-state index in [1.54, 1.807) is 16.7 Å². The zero-order valence-corrected chi connectivity index (χ0v) is 11.0. The van der Waals surface area contributed by atoms with Crippen molar-refractivity contribution in [3.05, 3.63) is 34.2 Å². The third-order valence-electron chi connectivity index (χ3n) is 3.80. The first-order valence-electron chi connectivity index (χ1n) is 6.69. The maximum atomic E-state index is 12.1. The van der Waals surface area contributed by atoms with Gasteiger partial charge in [0.15, 0.2) is 0 Å². The van der Waals surface area contributed by atoms with Crippen LogP contribution in [0, 0.1) is 5.92 Å². The summed E-state index contributed by atoms with van der Waals surface area (Å²) in [6.07, 6.45) is 1.79. The van der Waals surface area contributed by atoms with Gasteiger partial charge in [-0.05, 0) is 30.9 Å². The van der Waals surface area contributed by atoms with Crippen molar-refractivity contribution in [2.45, 2.75) is 19.4 Å². The van der Waals surface area contributed by atoms with Gasteiger partial charge in [-0.15, -0.1) is 0 Å². The van der Waals surface area contributed by atoms with Crippen LogP contribution in [0.1, 0.15) is 23.2 Å². The fourth-order valence-electron chi connectivity index (χ4n) is 2.75. The molecule has 0 bridgehead atoms. The van der Waals surface area contributed by atoms with Gasteiger partial charge in [0.1, 0.15) is 0 Å². The van der Waals surface area contributed by atoms with E-state index < -0.39 is 5.97 Å². The third kappa shape index (κ3) is 2.22. The molecule has 2 heterocycles. The first kappa shape index (κ1) is 12.9. The number of H-pyrrole nitrogens is 1.